The number of alkyl halides is 3. The highest BCUT2D eigenvalue weighted by molar-refractivity contribution is 7.10. The molecule has 3 atom stereocenters. The molecule has 6 nitrogen and oxygen atoms in total. The Kier molecular flexibility index (Phi) is 7.41. The first kappa shape index (κ1) is 23.0. The molecule has 0 aliphatic carbocycles. The molecule has 0 unspecified atom stereocenters. The number of aliphatic carboxylic acids is 1. The lowest BCUT2D eigenvalue weighted by Gasteiger charge is -2.40. The zero-order valence-electron chi connectivity index (χ0n) is 16.9. The van der Waals surface area contributed by atoms with Crippen LogP contribution < -0.4 is 0 Å². The van der Waals surface area contributed by atoms with Gasteiger partial charge in [-0.1, -0.05) is 0 Å². The summed E-state index contributed by atoms with van der Waals surface area (Å²) in [5.41, 5.74) is 1.37. The Morgan fingerprint density at radius 3 is 2.50 bits per heavy atom. The second-order valence-electron chi connectivity index (χ2n) is 8.02. The minimum Gasteiger partial charge on any atom is -0.475 e. The number of hydrogen-bond donors (Lipinski definition) is 1. The maximum Gasteiger partial charge on any atom is 0.490 e. The van der Waals surface area contributed by atoms with E-state index in [0.29, 0.717) is 11.8 Å². The second-order valence-corrected chi connectivity index (χ2v) is 9.03. The Morgan fingerprint density at radius 1 is 1.27 bits per heavy atom. The average molecular weight is 449 g/mol. The van der Waals surface area contributed by atoms with E-state index in [0.717, 1.165) is 45.8 Å². The third-order valence-corrected chi connectivity index (χ3v) is 6.99. The summed E-state index contributed by atoms with van der Waals surface area (Å²) in [6.45, 7) is 7.75. The predicted octanol–water partition coefficient (Wildman–Crippen LogP) is 3.15. The van der Waals surface area contributed by atoms with Gasteiger partial charge in [0.1, 0.15) is 0 Å². The zero-order chi connectivity index (χ0) is 21.9. The molecule has 168 valence electrons. The average Bonchev–Trinajstić information content (AvgIpc) is 3.43. The number of nitrogens with zero attached hydrogens (tertiary/aromatic N) is 2. The molecule has 1 aromatic heterocycles. The lowest BCUT2D eigenvalue weighted by atomic mass is 9.82. The number of thiophene rings is 1. The minimum atomic E-state index is -5.08. The number of carboxylic acid groups (broad SMARTS) is 1. The van der Waals surface area contributed by atoms with Crippen LogP contribution in [0.25, 0.3) is 0 Å². The summed E-state index contributed by atoms with van der Waals surface area (Å²) in [4.78, 5) is 27.9. The Labute approximate surface area is 177 Å². The molecule has 10 heteroatoms. The number of halogens is 3. The molecular formula is C20H27F3N2O4S. The van der Waals surface area contributed by atoms with Gasteiger partial charge in [0.2, 0.25) is 5.91 Å². The monoisotopic (exact) mass is 448 g/mol. The van der Waals surface area contributed by atoms with E-state index in [9.17, 15) is 18.0 Å². The summed E-state index contributed by atoms with van der Waals surface area (Å²) in [6, 6.07) is 2.19. The van der Waals surface area contributed by atoms with Gasteiger partial charge < -0.3 is 14.7 Å². The summed E-state index contributed by atoms with van der Waals surface area (Å²) in [6.07, 6.45) is -1.44. The SMILES string of the molecule is Cc1ccsc1CN1C[C@H](C(=O)N2CCCC2)[C@@H]2CCO[C@@H]2C1.O=C(O)C(F)(F)F. The Morgan fingerprint density at radius 2 is 1.93 bits per heavy atom. The van der Waals surface area contributed by atoms with E-state index in [1.807, 2.05) is 11.3 Å². The van der Waals surface area contributed by atoms with Crippen molar-refractivity contribution >= 4 is 23.2 Å². The third-order valence-electron chi connectivity index (χ3n) is 5.98. The van der Waals surface area contributed by atoms with E-state index >= 15 is 0 Å². The van der Waals surface area contributed by atoms with Crippen LogP contribution in [0, 0.1) is 18.8 Å². The fourth-order valence-electron chi connectivity index (χ4n) is 4.39. The number of likely N-dealkylation sites (tertiary alicyclic amines) is 2. The van der Waals surface area contributed by atoms with E-state index in [2.05, 4.69) is 28.2 Å². The Hall–Kier alpha value is -1.65. The molecule has 1 N–H and O–H groups in total. The highest BCUT2D eigenvalue weighted by Gasteiger charge is 2.45. The van der Waals surface area contributed by atoms with Gasteiger partial charge in [0, 0.05) is 50.1 Å². The fraction of sp³-hybridized carbons (Fsp3) is 0.700. The maximum absolute atomic E-state index is 13.0. The smallest absolute Gasteiger partial charge is 0.475 e. The maximum atomic E-state index is 13.0. The number of fused-ring (bicyclic) bond motifs is 1. The van der Waals surface area contributed by atoms with Crippen molar-refractivity contribution in [3.63, 3.8) is 0 Å². The number of rotatable bonds is 3. The van der Waals surface area contributed by atoms with Crippen LogP contribution in [0.4, 0.5) is 13.2 Å². The van der Waals surface area contributed by atoms with Gasteiger partial charge in [-0.15, -0.1) is 11.3 Å². The summed E-state index contributed by atoms with van der Waals surface area (Å²) in [5, 5.41) is 9.29. The van der Waals surface area contributed by atoms with Gasteiger partial charge in [-0.2, -0.15) is 13.2 Å². The predicted molar refractivity (Wildman–Crippen MR) is 105 cm³/mol. The molecular weight excluding hydrogens is 421 g/mol. The van der Waals surface area contributed by atoms with Crippen molar-refractivity contribution in [2.75, 3.05) is 32.8 Å². The van der Waals surface area contributed by atoms with Gasteiger partial charge in [-0.3, -0.25) is 9.69 Å². The van der Waals surface area contributed by atoms with Gasteiger partial charge in [-0.05, 0) is 43.2 Å². The van der Waals surface area contributed by atoms with E-state index in [4.69, 9.17) is 14.6 Å². The Balaban J connectivity index is 0.000000318. The quantitative estimate of drug-likeness (QED) is 0.769. The number of carbonyl (C=O) groups is 2. The lowest BCUT2D eigenvalue weighted by Crippen LogP contribution is -2.52. The molecule has 0 spiro atoms. The molecule has 0 radical (unpaired) electrons. The lowest BCUT2D eigenvalue weighted by molar-refractivity contribution is -0.192. The van der Waals surface area contributed by atoms with E-state index in [1.54, 1.807) is 0 Å². The van der Waals surface area contributed by atoms with E-state index in [1.165, 1.54) is 23.3 Å². The number of piperidine rings is 1. The van der Waals surface area contributed by atoms with Crippen molar-refractivity contribution in [3.8, 4) is 0 Å². The number of amides is 1. The summed E-state index contributed by atoms with van der Waals surface area (Å²) in [7, 11) is 0. The van der Waals surface area contributed by atoms with Crippen LogP contribution in [0.5, 0.6) is 0 Å². The molecule has 4 rings (SSSR count). The van der Waals surface area contributed by atoms with Crippen molar-refractivity contribution < 1.29 is 32.6 Å². The fourth-order valence-corrected chi connectivity index (χ4v) is 5.33. The van der Waals surface area contributed by atoms with E-state index < -0.39 is 12.1 Å². The van der Waals surface area contributed by atoms with Crippen molar-refractivity contribution in [2.45, 2.75) is 45.0 Å². The molecule has 30 heavy (non-hydrogen) atoms. The molecule has 3 saturated heterocycles. The molecule has 4 heterocycles. The number of carbonyl (C=O) groups excluding carboxylic acids is 1. The van der Waals surface area contributed by atoms with Crippen molar-refractivity contribution in [3.05, 3.63) is 21.9 Å². The van der Waals surface area contributed by atoms with Gasteiger partial charge in [0.15, 0.2) is 0 Å². The van der Waals surface area contributed by atoms with Gasteiger partial charge in [-0.25, -0.2) is 4.79 Å². The zero-order valence-corrected chi connectivity index (χ0v) is 17.7. The largest absolute Gasteiger partial charge is 0.490 e. The molecule has 0 bridgehead atoms. The van der Waals surface area contributed by atoms with Crippen molar-refractivity contribution in [1.82, 2.24) is 9.80 Å². The topological polar surface area (TPSA) is 70.1 Å². The van der Waals surface area contributed by atoms with Crippen molar-refractivity contribution in [2.24, 2.45) is 11.8 Å². The summed E-state index contributed by atoms with van der Waals surface area (Å²) in [5.74, 6) is -1.80. The first-order valence-electron chi connectivity index (χ1n) is 10.1. The minimum absolute atomic E-state index is 0.134. The third kappa shape index (κ3) is 5.53. The normalized spacial score (nSPS) is 26.8. The molecule has 3 aliphatic heterocycles. The molecule has 1 amide bonds. The van der Waals surface area contributed by atoms with Crippen LogP contribution in [-0.2, 0) is 20.9 Å². The first-order valence-corrected chi connectivity index (χ1v) is 11.0. The van der Waals surface area contributed by atoms with Crippen molar-refractivity contribution in [1.29, 1.82) is 0 Å². The van der Waals surface area contributed by atoms with Crippen LogP contribution in [0.15, 0.2) is 11.4 Å². The van der Waals surface area contributed by atoms with Gasteiger partial charge in [0.25, 0.3) is 0 Å². The number of aryl methyl sites for hydroxylation is 1. The molecule has 3 aliphatic rings. The highest BCUT2D eigenvalue weighted by atomic mass is 32.1. The van der Waals surface area contributed by atoms with Crippen LogP contribution >= 0.6 is 11.3 Å². The molecule has 3 fully saturated rings. The number of hydrogen-bond acceptors (Lipinski definition) is 5. The highest BCUT2D eigenvalue weighted by Crippen LogP contribution is 2.36. The molecule has 0 saturated carbocycles. The van der Waals surface area contributed by atoms with Crippen LogP contribution in [0.2, 0.25) is 0 Å². The van der Waals surface area contributed by atoms with Crippen LogP contribution in [0.1, 0.15) is 29.7 Å². The van der Waals surface area contributed by atoms with Crippen LogP contribution in [0.3, 0.4) is 0 Å². The van der Waals surface area contributed by atoms with Gasteiger partial charge in [0.05, 0.1) is 12.0 Å². The Bertz CT molecular complexity index is 749. The number of ether oxygens (including phenoxy) is 1. The molecule has 1 aromatic rings. The summed E-state index contributed by atoms with van der Waals surface area (Å²) >= 11 is 1.83. The molecule has 0 aromatic carbocycles. The number of carboxylic acids is 1. The summed E-state index contributed by atoms with van der Waals surface area (Å²) < 4.78 is 37.7. The second kappa shape index (κ2) is 9.65. The first-order chi connectivity index (χ1) is 14.2. The van der Waals surface area contributed by atoms with Crippen LogP contribution in [-0.4, -0.2) is 71.8 Å². The van der Waals surface area contributed by atoms with E-state index in [-0.39, 0.29) is 12.0 Å². The van der Waals surface area contributed by atoms with Gasteiger partial charge >= 0.3 is 12.1 Å². The standard InChI is InChI=1S/C18H26N2O2S.C2HF3O2/c1-13-5-9-23-17(13)12-19-10-15(14-4-8-22-16(14)11-19)18(21)20-6-2-3-7-20;3-2(4,5)1(6)7/h5,9,14-16H,2-4,6-8,10-12H2,1H3;(H,6,7)/t14-,15-,16+;/m0./s1.